The van der Waals surface area contributed by atoms with E-state index in [1.165, 1.54) is 12.1 Å². The first kappa shape index (κ1) is 11.9. The Morgan fingerprint density at radius 2 is 2.21 bits per heavy atom. The summed E-state index contributed by atoms with van der Waals surface area (Å²) in [6.07, 6.45) is -0.0221. The summed E-state index contributed by atoms with van der Waals surface area (Å²) in [4.78, 5) is 21.4. The highest BCUT2D eigenvalue weighted by atomic mass is 16.6. The third-order valence-electron chi connectivity index (χ3n) is 1.29. The van der Waals surface area contributed by atoms with E-state index in [0.29, 0.717) is 0 Å². The summed E-state index contributed by atoms with van der Waals surface area (Å²) in [5.74, 6) is -2.31. The Kier molecular flexibility index (Phi) is 4.71. The summed E-state index contributed by atoms with van der Waals surface area (Å²) >= 11 is 0. The molecule has 0 heterocycles. The maximum atomic E-state index is 10.9. The van der Waals surface area contributed by atoms with Gasteiger partial charge in [-0.15, -0.1) is 6.58 Å². The fourth-order valence-electron chi connectivity index (χ4n) is 0.597. The van der Waals surface area contributed by atoms with Crippen LogP contribution in [0.25, 0.3) is 0 Å². The van der Waals surface area contributed by atoms with Gasteiger partial charge in [0.2, 0.25) is 6.10 Å². The van der Waals surface area contributed by atoms with Gasteiger partial charge in [0, 0.05) is 6.42 Å². The number of esters is 1. The molecule has 14 heavy (non-hydrogen) atoms. The van der Waals surface area contributed by atoms with E-state index < -0.39 is 23.6 Å². The van der Waals surface area contributed by atoms with E-state index in [9.17, 15) is 9.59 Å². The van der Waals surface area contributed by atoms with Crippen LogP contribution in [0.15, 0.2) is 24.8 Å². The van der Waals surface area contributed by atoms with E-state index in [4.69, 9.17) is 10.4 Å². The van der Waals surface area contributed by atoms with Crippen molar-refractivity contribution in [1.29, 1.82) is 5.26 Å². The number of carboxylic acids is 1. The van der Waals surface area contributed by atoms with Crippen molar-refractivity contribution < 1.29 is 19.4 Å². The van der Waals surface area contributed by atoms with Gasteiger partial charge in [-0.3, -0.25) is 0 Å². The molecule has 0 radical (unpaired) electrons. The highest BCUT2D eigenvalue weighted by Gasteiger charge is 2.21. The van der Waals surface area contributed by atoms with E-state index >= 15 is 0 Å². The molecule has 74 valence electrons. The number of carboxylic acid groups (broad SMARTS) is 1. The molecule has 0 aromatic heterocycles. The Morgan fingerprint density at radius 1 is 1.64 bits per heavy atom. The topological polar surface area (TPSA) is 87.4 Å². The lowest BCUT2D eigenvalue weighted by Gasteiger charge is -2.10. The van der Waals surface area contributed by atoms with Crippen LogP contribution in [0.1, 0.15) is 6.42 Å². The van der Waals surface area contributed by atoms with Crippen LogP contribution < -0.4 is 0 Å². The third kappa shape index (κ3) is 3.54. The highest BCUT2D eigenvalue weighted by molar-refractivity contribution is 5.93. The fourth-order valence-corrected chi connectivity index (χ4v) is 0.597. The first-order valence-electron chi connectivity index (χ1n) is 3.66. The minimum absolute atomic E-state index is 0.0141. The molecule has 0 saturated carbocycles. The van der Waals surface area contributed by atoms with Gasteiger partial charge >= 0.3 is 11.9 Å². The molecule has 0 saturated heterocycles. The largest absolute Gasteiger partial charge is 0.478 e. The average Bonchev–Trinajstić information content (AvgIpc) is 2.15. The number of nitriles is 1. The molecule has 5 nitrogen and oxygen atoms in total. The van der Waals surface area contributed by atoms with Crippen molar-refractivity contribution in [2.45, 2.75) is 12.5 Å². The Bertz CT molecular complexity index is 313. The first-order valence-corrected chi connectivity index (χ1v) is 3.66. The molecule has 0 aromatic carbocycles. The summed E-state index contributed by atoms with van der Waals surface area (Å²) < 4.78 is 4.47. The van der Waals surface area contributed by atoms with E-state index in [1.807, 2.05) is 0 Å². The van der Waals surface area contributed by atoms with Gasteiger partial charge in [-0.2, -0.15) is 5.26 Å². The second kappa shape index (κ2) is 5.54. The van der Waals surface area contributed by atoms with E-state index in [-0.39, 0.29) is 6.42 Å². The van der Waals surface area contributed by atoms with Crippen LogP contribution in [0.3, 0.4) is 0 Å². The standard InChI is InChI=1S/C9H9NO4/c1-3-4-7(8(11)12)14-9(13)6(2)5-10/h3,7H,1-2,4H2,(H,11,12). The molecule has 1 unspecified atom stereocenters. The van der Waals surface area contributed by atoms with Gasteiger partial charge < -0.3 is 9.84 Å². The predicted octanol–water partition coefficient (Wildman–Crippen LogP) is 0.639. The van der Waals surface area contributed by atoms with Crippen molar-refractivity contribution in [1.82, 2.24) is 0 Å². The molecule has 1 N–H and O–H groups in total. The first-order chi connectivity index (χ1) is 6.52. The normalized spacial score (nSPS) is 10.8. The number of carbonyl (C=O) groups excluding carboxylic acids is 1. The van der Waals surface area contributed by atoms with Crippen LogP contribution in [-0.2, 0) is 14.3 Å². The summed E-state index contributed by atoms with van der Waals surface area (Å²) in [6.45, 7) is 6.40. The Balaban J connectivity index is 4.39. The van der Waals surface area contributed by atoms with E-state index in [1.54, 1.807) is 0 Å². The van der Waals surface area contributed by atoms with Crippen LogP contribution in [0, 0.1) is 11.3 Å². The lowest BCUT2D eigenvalue weighted by atomic mass is 10.2. The Labute approximate surface area is 80.9 Å². The lowest BCUT2D eigenvalue weighted by Crippen LogP contribution is -2.26. The zero-order valence-corrected chi connectivity index (χ0v) is 7.40. The van der Waals surface area contributed by atoms with E-state index in [0.717, 1.165) is 0 Å². The molecule has 0 spiro atoms. The van der Waals surface area contributed by atoms with Gasteiger partial charge in [0.25, 0.3) is 0 Å². The van der Waals surface area contributed by atoms with Crippen molar-refractivity contribution in [3.8, 4) is 6.07 Å². The Morgan fingerprint density at radius 3 is 2.57 bits per heavy atom. The molecule has 0 aliphatic carbocycles. The second-order valence-electron chi connectivity index (χ2n) is 2.35. The van der Waals surface area contributed by atoms with Gasteiger partial charge in [0.15, 0.2) is 0 Å². The number of rotatable bonds is 5. The molecule has 0 amide bonds. The SMILES string of the molecule is C=CCC(OC(=O)C(=C)C#N)C(=O)O. The second-order valence-corrected chi connectivity index (χ2v) is 2.35. The molecule has 1 atom stereocenters. The smallest absolute Gasteiger partial charge is 0.349 e. The number of nitrogens with zero attached hydrogens (tertiary/aromatic N) is 1. The van der Waals surface area contributed by atoms with Crippen molar-refractivity contribution in [3.63, 3.8) is 0 Å². The quantitative estimate of drug-likeness (QED) is 0.301. The van der Waals surface area contributed by atoms with Crippen LogP contribution in [-0.4, -0.2) is 23.1 Å². The van der Waals surface area contributed by atoms with Crippen molar-refractivity contribution >= 4 is 11.9 Å². The predicted molar refractivity (Wildman–Crippen MR) is 47.1 cm³/mol. The van der Waals surface area contributed by atoms with Gasteiger partial charge in [-0.1, -0.05) is 12.7 Å². The molecule has 5 heteroatoms. The lowest BCUT2D eigenvalue weighted by molar-refractivity contribution is -0.160. The highest BCUT2D eigenvalue weighted by Crippen LogP contribution is 2.03. The summed E-state index contributed by atoms with van der Waals surface area (Å²) in [5, 5.41) is 16.8. The van der Waals surface area contributed by atoms with Gasteiger partial charge in [0.1, 0.15) is 11.6 Å². The van der Waals surface area contributed by atoms with E-state index in [2.05, 4.69) is 17.9 Å². The van der Waals surface area contributed by atoms with Crippen molar-refractivity contribution in [2.75, 3.05) is 0 Å². The van der Waals surface area contributed by atoms with Crippen LogP contribution in [0.2, 0.25) is 0 Å². The van der Waals surface area contributed by atoms with Crippen molar-refractivity contribution in [2.24, 2.45) is 0 Å². The van der Waals surface area contributed by atoms with Gasteiger partial charge in [-0.25, -0.2) is 9.59 Å². The monoisotopic (exact) mass is 195 g/mol. The molecule has 0 aromatic rings. The zero-order valence-electron chi connectivity index (χ0n) is 7.40. The van der Waals surface area contributed by atoms with Crippen LogP contribution in [0.4, 0.5) is 0 Å². The minimum atomic E-state index is -1.31. The number of hydrogen-bond acceptors (Lipinski definition) is 4. The van der Waals surface area contributed by atoms with Gasteiger partial charge in [0.05, 0.1) is 0 Å². The maximum Gasteiger partial charge on any atom is 0.349 e. The minimum Gasteiger partial charge on any atom is -0.478 e. The molecular weight excluding hydrogens is 186 g/mol. The van der Waals surface area contributed by atoms with Crippen LogP contribution in [0.5, 0.6) is 0 Å². The van der Waals surface area contributed by atoms with Gasteiger partial charge in [-0.05, 0) is 0 Å². The zero-order chi connectivity index (χ0) is 11.1. The molecule has 0 rings (SSSR count). The molecule has 0 aliphatic heterocycles. The Hall–Kier alpha value is -2.09. The molecule has 0 bridgehead atoms. The summed E-state index contributed by atoms with van der Waals surface area (Å²) in [5.41, 5.74) is -0.430. The molecule has 0 fully saturated rings. The third-order valence-corrected chi connectivity index (χ3v) is 1.29. The van der Waals surface area contributed by atoms with Crippen molar-refractivity contribution in [3.05, 3.63) is 24.8 Å². The molecule has 0 aliphatic rings. The average molecular weight is 195 g/mol. The molecular formula is C9H9NO4. The van der Waals surface area contributed by atoms with Crippen LogP contribution >= 0.6 is 0 Å². The maximum absolute atomic E-state index is 10.9. The summed E-state index contributed by atoms with van der Waals surface area (Å²) in [6, 6.07) is 1.46. The summed E-state index contributed by atoms with van der Waals surface area (Å²) in [7, 11) is 0. The number of aliphatic carboxylic acids is 1. The number of ether oxygens (including phenoxy) is 1. The fraction of sp³-hybridized carbons (Fsp3) is 0.222. The number of hydrogen-bond donors (Lipinski definition) is 1. The number of carbonyl (C=O) groups is 2.